The summed E-state index contributed by atoms with van der Waals surface area (Å²) >= 11 is 9.35. The maximum Gasteiger partial charge on any atom is 0.160 e. The van der Waals surface area contributed by atoms with Crippen molar-refractivity contribution >= 4 is 38.7 Å². The van der Waals surface area contributed by atoms with Crippen LogP contribution in [0.3, 0.4) is 0 Å². The van der Waals surface area contributed by atoms with E-state index >= 15 is 0 Å². The number of nitrogens with zero attached hydrogens (tertiary/aromatic N) is 4. The zero-order valence-electron chi connectivity index (χ0n) is 11.5. The zero-order valence-corrected chi connectivity index (χ0v) is 13.9. The predicted octanol–water partition coefficient (Wildman–Crippen LogP) is 3.07. The Morgan fingerprint density at radius 2 is 2.30 bits per heavy atom. The number of alkyl halides is 1. The molecule has 0 atom stereocenters. The Balaban J connectivity index is 1.87. The van der Waals surface area contributed by atoms with Gasteiger partial charge in [-0.1, -0.05) is 0 Å². The molecule has 4 nitrogen and oxygen atoms in total. The van der Waals surface area contributed by atoms with Gasteiger partial charge >= 0.3 is 0 Å². The number of aromatic nitrogens is 3. The highest BCUT2D eigenvalue weighted by Crippen LogP contribution is 2.25. The van der Waals surface area contributed by atoms with Crippen molar-refractivity contribution in [1.82, 2.24) is 19.4 Å². The van der Waals surface area contributed by atoms with Crippen LogP contribution in [0.2, 0.25) is 0 Å². The first-order valence-corrected chi connectivity index (χ1v) is 8.28. The number of hydrogen-bond donors (Lipinski definition) is 0. The minimum atomic E-state index is 0.586. The molecule has 3 rings (SSSR count). The van der Waals surface area contributed by atoms with Crippen molar-refractivity contribution in [2.75, 3.05) is 19.5 Å². The van der Waals surface area contributed by atoms with E-state index in [0.717, 1.165) is 47.0 Å². The Morgan fingerprint density at radius 3 is 3.00 bits per heavy atom. The third-order valence-electron chi connectivity index (χ3n) is 3.80. The molecule has 1 saturated carbocycles. The summed E-state index contributed by atoms with van der Waals surface area (Å²) in [4.78, 5) is 11.6. The van der Waals surface area contributed by atoms with Crippen LogP contribution in [0.25, 0.3) is 11.2 Å². The van der Waals surface area contributed by atoms with Crippen molar-refractivity contribution in [3.05, 3.63) is 22.6 Å². The van der Waals surface area contributed by atoms with Gasteiger partial charge in [-0.05, 0) is 41.9 Å². The number of halogens is 2. The number of rotatable bonds is 6. The molecule has 2 heterocycles. The Hall–Kier alpha value is -0.650. The third kappa shape index (κ3) is 3.00. The maximum absolute atomic E-state index is 5.90. The van der Waals surface area contributed by atoms with Gasteiger partial charge in [0.1, 0.15) is 11.3 Å². The molecule has 0 bridgehead atoms. The zero-order chi connectivity index (χ0) is 14.1. The molecule has 0 spiro atoms. The second kappa shape index (κ2) is 6.00. The molecule has 0 aliphatic heterocycles. The normalized spacial score (nSPS) is 15.4. The van der Waals surface area contributed by atoms with Crippen molar-refractivity contribution in [2.45, 2.75) is 31.8 Å². The van der Waals surface area contributed by atoms with E-state index in [9.17, 15) is 0 Å². The summed E-state index contributed by atoms with van der Waals surface area (Å²) in [7, 11) is 2.20. The van der Waals surface area contributed by atoms with Crippen molar-refractivity contribution in [2.24, 2.45) is 0 Å². The van der Waals surface area contributed by atoms with E-state index in [1.165, 1.54) is 12.8 Å². The van der Waals surface area contributed by atoms with Crippen molar-refractivity contribution in [3.63, 3.8) is 0 Å². The number of aryl methyl sites for hydroxylation is 1. The molecular formula is C14H18BrClN4. The standard InChI is InChI=1S/C14H18BrClN4/c1-19(11-2-3-11)6-7-20-13(4-5-16)18-12-8-10(15)9-17-14(12)20/h8-9,11H,2-7H2,1H3. The lowest BCUT2D eigenvalue weighted by molar-refractivity contribution is 0.309. The molecule has 108 valence electrons. The molecule has 1 fully saturated rings. The smallest absolute Gasteiger partial charge is 0.160 e. The van der Waals surface area contributed by atoms with E-state index < -0.39 is 0 Å². The summed E-state index contributed by atoms with van der Waals surface area (Å²) < 4.78 is 3.17. The second-order valence-corrected chi connectivity index (χ2v) is 6.62. The first kappa shape index (κ1) is 14.3. The molecule has 20 heavy (non-hydrogen) atoms. The van der Waals surface area contributed by atoms with Crippen molar-refractivity contribution < 1.29 is 0 Å². The van der Waals surface area contributed by atoms with Gasteiger partial charge in [0.2, 0.25) is 0 Å². The minimum absolute atomic E-state index is 0.586. The molecule has 0 radical (unpaired) electrons. The molecule has 0 unspecified atom stereocenters. The molecular weight excluding hydrogens is 340 g/mol. The number of pyridine rings is 1. The average Bonchev–Trinajstić information content (AvgIpc) is 3.20. The molecule has 0 aromatic carbocycles. The summed E-state index contributed by atoms with van der Waals surface area (Å²) in [5.41, 5.74) is 1.89. The largest absolute Gasteiger partial charge is 0.311 e. The van der Waals surface area contributed by atoms with E-state index in [0.29, 0.717) is 5.88 Å². The van der Waals surface area contributed by atoms with Crippen LogP contribution < -0.4 is 0 Å². The fourth-order valence-corrected chi connectivity index (χ4v) is 2.99. The van der Waals surface area contributed by atoms with Gasteiger partial charge in [-0.25, -0.2) is 9.97 Å². The van der Waals surface area contributed by atoms with Gasteiger partial charge in [0.05, 0.1) is 0 Å². The van der Waals surface area contributed by atoms with Crippen LogP contribution in [-0.2, 0) is 13.0 Å². The van der Waals surface area contributed by atoms with Crippen LogP contribution in [0.5, 0.6) is 0 Å². The van der Waals surface area contributed by atoms with E-state index in [4.69, 9.17) is 11.6 Å². The fourth-order valence-electron chi connectivity index (χ4n) is 2.50. The quantitative estimate of drug-likeness (QED) is 0.745. The summed E-state index contributed by atoms with van der Waals surface area (Å²) in [5.74, 6) is 1.62. The van der Waals surface area contributed by atoms with Crippen LogP contribution in [0.4, 0.5) is 0 Å². The second-order valence-electron chi connectivity index (χ2n) is 5.33. The molecule has 0 N–H and O–H groups in total. The third-order valence-corrected chi connectivity index (χ3v) is 4.42. The summed E-state index contributed by atoms with van der Waals surface area (Å²) in [6, 6.07) is 2.80. The van der Waals surface area contributed by atoms with Crippen LogP contribution in [0, 0.1) is 0 Å². The van der Waals surface area contributed by atoms with Gasteiger partial charge in [0.25, 0.3) is 0 Å². The first-order chi connectivity index (χ1) is 9.69. The van der Waals surface area contributed by atoms with Gasteiger partial charge in [-0.3, -0.25) is 0 Å². The number of hydrogen-bond acceptors (Lipinski definition) is 3. The average molecular weight is 358 g/mol. The van der Waals surface area contributed by atoms with Crippen molar-refractivity contribution in [1.29, 1.82) is 0 Å². The number of fused-ring (bicyclic) bond motifs is 1. The van der Waals surface area contributed by atoms with Crippen molar-refractivity contribution in [3.8, 4) is 0 Å². The highest BCUT2D eigenvalue weighted by molar-refractivity contribution is 9.10. The van der Waals surface area contributed by atoms with Gasteiger partial charge in [-0.15, -0.1) is 11.6 Å². The van der Waals surface area contributed by atoms with Crippen LogP contribution >= 0.6 is 27.5 Å². The van der Waals surface area contributed by atoms with E-state index in [2.05, 4.69) is 42.4 Å². The Bertz CT molecular complexity index is 608. The fraction of sp³-hybridized carbons (Fsp3) is 0.571. The predicted molar refractivity (Wildman–Crippen MR) is 85.3 cm³/mol. The SMILES string of the molecule is CN(CCn1c(CCCl)nc2cc(Br)cnc21)C1CC1. The molecule has 1 aliphatic carbocycles. The lowest BCUT2D eigenvalue weighted by Crippen LogP contribution is -2.26. The monoisotopic (exact) mass is 356 g/mol. The highest BCUT2D eigenvalue weighted by atomic mass is 79.9. The van der Waals surface area contributed by atoms with Crippen LogP contribution in [-0.4, -0.2) is 44.9 Å². The van der Waals surface area contributed by atoms with Crippen LogP contribution in [0.1, 0.15) is 18.7 Å². The number of likely N-dealkylation sites (N-methyl/N-ethyl adjacent to an activating group) is 1. The Kier molecular flexibility index (Phi) is 4.29. The summed E-state index contributed by atoms with van der Waals surface area (Å²) in [5, 5.41) is 0. The topological polar surface area (TPSA) is 34.0 Å². The molecule has 6 heteroatoms. The van der Waals surface area contributed by atoms with Gasteiger partial charge < -0.3 is 9.47 Å². The molecule has 0 amide bonds. The van der Waals surface area contributed by atoms with Gasteiger partial charge in [-0.2, -0.15) is 0 Å². The van der Waals surface area contributed by atoms with E-state index in [1.54, 1.807) is 0 Å². The molecule has 0 saturated heterocycles. The highest BCUT2D eigenvalue weighted by Gasteiger charge is 2.26. The van der Waals surface area contributed by atoms with Gasteiger partial charge in [0, 0.05) is 42.1 Å². The van der Waals surface area contributed by atoms with E-state index in [1.807, 2.05) is 12.3 Å². The summed E-state index contributed by atoms with van der Waals surface area (Å²) in [6.07, 6.45) is 5.28. The van der Waals surface area contributed by atoms with Crippen LogP contribution in [0.15, 0.2) is 16.7 Å². The summed E-state index contributed by atoms with van der Waals surface area (Å²) in [6.45, 7) is 1.95. The lowest BCUT2D eigenvalue weighted by atomic mass is 10.4. The Morgan fingerprint density at radius 1 is 1.50 bits per heavy atom. The lowest BCUT2D eigenvalue weighted by Gasteiger charge is -2.17. The maximum atomic E-state index is 5.90. The van der Waals surface area contributed by atoms with Gasteiger partial charge in [0.15, 0.2) is 5.65 Å². The minimum Gasteiger partial charge on any atom is -0.311 e. The molecule has 2 aromatic rings. The van der Waals surface area contributed by atoms with E-state index in [-0.39, 0.29) is 0 Å². The molecule has 1 aliphatic rings. The number of imidazole rings is 1. The molecule has 2 aromatic heterocycles. The Labute approximate surface area is 132 Å². The first-order valence-electron chi connectivity index (χ1n) is 6.96.